The Labute approximate surface area is 143 Å². The summed E-state index contributed by atoms with van der Waals surface area (Å²) < 4.78 is 21.6. The van der Waals surface area contributed by atoms with Crippen LogP contribution in [-0.4, -0.2) is 59.9 Å². The molecule has 0 aliphatic carbocycles. The molecule has 0 aliphatic rings. The predicted molar refractivity (Wildman–Crippen MR) is 94.9 cm³/mol. The Balaban J connectivity index is 2.92. The molecule has 0 aliphatic heterocycles. The summed E-state index contributed by atoms with van der Waals surface area (Å²) in [5.41, 5.74) is 5.46. The number of methoxy groups -OCH3 is 1. The molecule has 0 atom stereocenters. The topological polar surface area (TPSA) is 62.9 Å². The number of unbranched alkanes of at least 4 members (excludes halogenated alkanes) is 5. The summed E-state index contributed by atoms with van der Waals surface area (Å²) in [6, 6.07) is 0. The lowest BCUT2D eigenvalue weighted by Gasteiger charge is -2.06. The molecule has 0 saturated heterocycles. The maximum absolute atomic E-state index is 5.61. The van der Waals surface area contributed by atoms with Crippen LogP contribution in [0, 0.1) is 0 Å². The van der Waals surface area contributed by atoms with Gasteiger partial charge in [-0.1, -0.05) is 25.7 Å². The first-order valence-corrected chi connectivity index (χ1v) is 9.34. The van der Waals surface area contributed by atoms with Crippen LogP contribution in [0.5, 0.6) is 0 Å². The van der Waals surface area contributed by atoms with Gasteiger partial charge >= 0.3 is 0 Å². The van der Waals surface area contributed by atoms with Gasteiger partial charge in [-0.3, -0.25) is 0 Å². The Hall–Kier alpha value is -0.200. The van der Waals surface area contributed by atoms with Crippen molar-refractivity contribution in [2.24, 2.45) is 5.73 Å². The Morgan fingerprint density at radius 2 is 0.870 bits per heavy atom. The molecule has 5 nitrogen and oxygen atoms in total. The molecule has 0 aromatic carbocycles. The molecule has 0 aromatic rings. The Morgan fingerprint density at radius 1 is 0.478 bits per heavy atom. The normalized spacial score (nSPS) is 11.2. The zero-order chi connectivity index (χ0) is 16.8. The maximum atomic E-state index is 5.61. The first-order chi connectivity index (χ1) is 11.4. The van der Waals surface area contributed by atoms with E-state index in [1.54, 1.807) is 7.11 Å². The number of hydrogen-bond donors (Lipinski definition) is 1. The largest absolute Gasteiger partial charge is 0.385 e. The number of hydrogen-bond acceptors (Lipinski definition) is 5. The monoisotopic (exact) mass is 333 g/mol. The Morgan fingerprint density at radius 3 is 1.35 bits per heavy atom. The fourth-order valence-corrected chi connectivity index (χ4v) is 2.19. The van der Waals surface area contributed by atoms with Gasteiger partial charge < -0.3 is 24.7 Å². The van der Waals surface area contributed by atoms with Gasteiger partial charge in [-0.05, 0) is 38.6 Å². The molecule has 0 heterocycles. The molecule has 0 unspecified atom stereocenters. The van der Waals surface area contributed by atoms with Crippen LogP contribution in [0.25, 0.3) is 0 Å². The van der Waals surface area contributed by atoms with E-state index in [4.69, 9.17) is 24.7 Å². The van der Waals surface area contributed by atoms with Crippen molar-refractivity contribution in [3.8, 4) is 0 Å². The van der Waals surface area contributed by atoms with Crippen molar-refractivity contribution in [1.82, 2.24) is 0 Å². The Bertz CT molecular complexity index is 185. The molecule has 0 rings (SSSR count). The number of nitrogens with two attached hydrogens (primary N) is 1. The lowest BCUT2D eigenvalue weighted by Crippen LogP contribution is -2.06. The van der Waals surface area contributed by atoms with Crippen LogP contribution in [0.2, 0.25) is 0 Å². The fourth-order valence-electron chi connectivity index (χ4n) is 2.19. The Kier molecular flexibility index (Phi) is 21.6. The smallest absolute Gasteiger partial charge is 0.0488 e. The molecule has 23 heavy (non-hydrogen) atoms. The average Bonchev–Trinajstić information content (AvgIpc) is 2.57. The maximum Gasteiger partial charge on any atom is 0.0488 e. The molecule has 0 bridgehead atoms. The van der Waals surface area contributed by atoms with Crippen molar-refractivity contribution in [3.63, 3.8) is 0 Å². The first kappa shape index (κ1) is 22.8. The van der Waals surface area contributed by atoms with Crippen LogP contribution >= 0.6 is 0 Å². The third-order valence-electron chi connectivity index (χ3n) is 3.53. The second-order valence-corrected chi connectivity index (χ2v) is 5.80. The average molecular weight is 334 g/mol. The van der Waals surface area contributed by atoms with E-state index in [1.807, 2.05) is 0 Å². The minimum atomic E-state index is 0.769. The van der Waals surface area contributed by atoms with Gasteiger partial charge in [-0.25, -0.2) is 0 Å². The van der Waals surface area contributed by atoms with Crippen molar-refractivity contribution in [2.75, 3.05) is 59.9 Å². The second-order valence-electron chi connectivity index (χ2n) is 5.80. The molecule has 0 saturated carbocycles. The molecular weight excluding hydrogens is 294 g/mol. The van der Waals surface area contributed by atoms with Crippen molar-refractivity contribution >= 4 is 0 Å². The van der Waals surface area contributed by atoms with Crippen molar-refractivity contribution < 1.29 is 18.9 Å². The van der Waals surface area contributed by atoms with E-state index in [-0.39, 0.29) is 0 Å². The molecule has 0 fully saturated rings. The van der Waals surface area contributed by atoms with Gasteiger partial charge in [0.05, 0.1) is 0 Å². The molecule has 140 valence electrons. The summed E-state index contributed by atoms with van der Waals surface area (Å²) in [6.45, 7) is 6.38. The lowest BCUT2D eigenvalue weighted by atomic mass is 10.1. The molecular formula is C18H39NO4. The van der Waals surface area contributed by atoms with E-state index >= 15 is 0 Å². The molecule has 0 spiro atoms. The van der Waals surface area contributed by atoms with Gasteiger partial charge in [-0.2, -0.15) is 0 Å². The van der Waals surface area contributed by atoms with Crippen LogP contribution in [-0.2, 0) is 18.9 Å². The van der Waals surface area contributed by atoms with Crippen molar-refractivity contribution in [2.45, 2.75) is 57.8 Å². The highest BCUT2D eigenvalue weighted by molar-refractivity contribution is 4.46. The van der Waals surface area contributed by atoms with Crippen LogP contribution in [0.3, 0.4) is 0 Å². The van der Waals surface area contributed by atoms with E-state index in [0.29, 0.717) is 0 Å². The highest BCUT2D eigenvalue weighted by Crippen LogP contribution is 2.04. The minimum absolute atomic E-state index is 0.769. The van der Waals surface area contributed by atoms with Gasteiger partial charge in [0.15, 0.2) is 0 Å². The van der Waals surface area contributed by atoms with Gasteiger partial charge in [-0.15, -0.1) is 0 Å². The van der Waals surface area contributed by atoms with Gasteiger partial charge in [0.25, 0.3) is 0 Å². The predicted octanol–water partition coefficient (Wildman–Crippen LogP) is 3.15. The van der Waals surface area contributed by atoms with Crippen LogP contribution < -0.4 is 5.73 Å². The lowest BCUT2D eigenvalue weighted by molar-refractivity contribution is 0.0577. The van der Waals surface area contributed by atoms with Crippen molar-refractivity contribution in [3.05, 3.63) is 0 Å². The molecule has 0 amide bonds. The third kappa shape index (κ3) is 21.8. The fraction of sp³-hybridized carbons (Fsp3) is 1.00. The zero-order valence-electron chi connectivity index (χ0n) is 15.2. The van der Waals surface area contributed by atoms with Crippen molar-refractivity contribution in [1.29, 1.82) is 0 Å². The molecule has 2 N–H and O–H groups in total. The summed E-state index contributed by atoms with van der Waals surface area (Å²) in [5.74, 6) is 0. The van der Waals surface area contributed by atoms with Gasteiger partial charge in [0.1, 0.15) is 0 Å². The van der Waals surface area contributed by atoms with E-state index < -0.39 is 0 Å². The van der Waals surface area contributed by atoms with Gasteiger partial charge in [0.2, 0.25) is 0 Å². The SMILES string of the molecule is COCCCOCCCOCCCOCCCCCCCCN. The van der Waals surface area contributed by atoms with Crippen LogP contribution in [0.1, 0.15) is 57.8 Å². The summed E-state index contributed by atoms with van der Waals surface area (Å²) in [6.07, 6.45) is 10.4. The quantitative estimate of drug-likeness (QED) is 0.347. The molecule has 0 radical (unpaired) electrons. The van der Waals surface area contributed by atoms with Crippen LogP contribution in [0.4, 0.5) is 0 Å². The van der Waals surface area contributed by atoms with E-state index in [1.165, 1.54) is 32.1 Å². The number of rotatable bonds is 20. The second kappa shape index (κ2) is 21.8. The summed E-state index contributed by atoms with van der Waals surface area (Å²) in [5, 5.41) is 0. The van der Waals surface area contributed by atoms with Crippen LogP contribution in [0.15, 0.2) is 0 Å². The first-order valence-electron chi connectivity index (χ1n) is 9.34. The number of ether oxygens (including phenoxy) is 4. The summed E-state index contributed by atoms with van der Waals surface area (Å²) in [7, 11) is 1.71. The van der Waals surface area contributed by atoms with E-state index in [9.17, 15) is 0 Å². The standard InChI is InChI=1S/C18H39NO4/c1-20-12-8-14-22-16-10-18-23-17-9-15-21-13-7-5-3-2-4-6-11-19/h2-19H2,1H3. The molecule has 0 aromatic heterocycles. The third-order valence-corrected chi connectivity index (χ3v) is 3.53. The van der Waals surface area contributed by atoms with E-state index in [2.05, 4.69) is 0 Å². The summed E-state index contributed by atoms with van der Waals surface area (Å²) >= 11 is 0. The highest BCUT2D eigenvalue weighted by Gasteiger charge is 1.94. The van der Waals surface area contributed by atoms with Gasteiger partial charge in [0, 0.05) is 53.4 Å². The highest BCUT2D eigenvalue weighted by atomic mass is 16.5. The molecule has 5 heteroatoms. The van der Waals surface area contributed by atoms with E-state index in [0.717, 1.165) is 78.5 Å². The summed E-state index contributed by atoms with van der Waals surface area (Å²) in [4.78, 5) is 0. The zero-order valence-corrected chi connectivity index (χ0v) is 15.2. The minimum Gasteiger partial charge on any atom is -0.385 e.